The van der Waals surface area contributed by atoms with Gasteiger partial charge in [0.05, 0.1) is 0 Å². The van der Waals surface area contributed by atoms with Gasteiger partial charge >= 0.3 is 0 Å². The molecule has 0 aliphatic carbocycles. The molecule has 0 unspecified atom stereocenters. The average molecular weight is 473 g/mol. The molecule has 0 amide bonds. The van der Waals surface area contributed by atoms with Gasteiger partial charge in [-0.2, -0.15) is 9.37 Å². The molecule has 0 saturated carbocycles. The third-order valence-electron chi connectivity index (χ3n) is 6.81. The molecule has 180 valence electrons. The van der Waals surface area contributed by atoms with Gasteiger partial charge in [-0.1, -0.05) is 18.2 Å². The Hall–Kier alpha value is -3.78. The van der Waals surface area contributed by atoms with Gasteiger partial charge in [-0.25, -0.2) is 4.98 Å². The maximum absolute atomic E-state index is 14.9. The van der Waals surface area contributed by atoms with Crippen LogP contribution in [0.5, 0.6) is 0 Å². The second-order valence-corrected chi connectivity index (χ2v) is 9.32. The molecule has 7 nitrogen and oxygen atoms in total. The highest BCUT2D eigenvalue weighted by Gasteiger charge is 2.20. The topological polar surface area (TPSA) is 91.1 Å². The summed E-state index contributed by atoms with van der Waals surface area (Å²) in [6.45, 7) is 10.3. The molecule has 4 aromatic rings. The number of piperazine rings is 1. The molecule has 2 aromatic carbocycles. The normalized spacial score (nSPS) is 14.7. The predicted octanol–water partition coefficient (Wildman–Crippen LogP) is 4.21. The fourth-order valence-corrected chi connectivity index (χ4v) is 4.69. The molecule has 1 aliphatic rings. The zero-order valence-electron chi connectivity index (χ0n) is 20.2. The average Bonchev–Trinajstić information content (AvgIpc) is 2.86. The summed E-state index contributed by atoms with van der Waals surface area (Å²) in [6.07, 6.45) is 1.67. The number of halogens is 1. The van der Waals surface area contributed by atoms with Gasteiger partial charge in [0, 0.05) is 60.6 Å². The number of aromatic nitrogens is 3. The van der Waals surface area contributed by atoms with Gasteiger partial charge < -0.3 is 15.6 Å². The number of aryl methyl sites for hydroxylation is 1. The van der Waals surface area contributed by atoms with Crippen molar-refractivity contribution in [2.75, 3.05) is 36.8 Å². The minimum Gasteiger partial charge on any atom is -0.382 e. The van der Waals surface area contributed by atoms with Crippen LogP contribution in [0.1, 0.15) is 19.4 Å². The molecule has 8 heteroatoms. The van der Waals surface area contributed by atoms with E-state index in [0.717, 1.165) is 42.8 Å². The van der Waals surface area contributed by atoms with Crippen molar-refractivity contribution in [2.24, 2.45) is 0 Å². The van der Waals surface area contributed by atoms with Crippen LogP contribution >= 0.6 is 0 Å². The summed E-state index contributed by atoms with van der Waals surface area (Å²) in [5.41, 5.74) is 9.78. The lowest BCUT2D eigenvalue weighted by molar-refractivity contribution is 0.209. The molecule has 35 heavy (non-hydrogen) atoms. The second-order valence-electron chi connectivity index (χ2n) is 9.32. The van der Waals surface area contributed by atoms with Crippen molar-refractivity contribution in [3.05, 3.63) is 70.5 Å². The molecule has 0 radical (unpaired) electrons. The van der Waals surface area contributed by atoms with Gasteiger partial charge in [0.1, 0.15) is 11.4 Å². The van der Waals surface area contributed by atoms with E-state index >= 15 is 0 Å². The number of H-pyrrole nitrogens is 1. The third-order valence-corrected chi connectivity index (χ3v) is 6.81. The molecular weight excluding hydrogens is 443 g/mol. The molecule has 1 aliphatic heterocycles. The SMILES string of the molecule is Cc1c[nH]c(=O)c2ccc(-c3nc(-c4ccc(N5CCN(C(C)C)CC5)cc4)c(F)nc3N)cc12. The highest BCUT2D eigenvalue weighted by atomic mass is 19.1. The number of hydrogen-bond donors (Lipinski definition) is 2. The van der Waals surface area contributed by atoms with Gasteiger partial charge in [0.15, 0.2) is 5.82 Å². The first-order chi connectivity index (χ1) is 16.8. The van der Waals surface area contributed by atoms with Crippen molar-refractivity contribution in [1.29, 1.82) is 0 Å². The lowest BCUT2D eigenvalue weighted by Crippen LogP contribution is -2.48. The highest BCUT2D eigenvalue weighted by molar-refractivity contribution is 5.90. The number of nitrogens with zero attached hydrogens (tertiary/aromatic N) is 4. The summed E-state index contributed by atoms with van der Waals surface area (Å²) in [7, 11) is 0. The Kier molecular flexibility index (Phi) is 5.98. The number of pyridine rings is 1. The number of nitrogen functional groups attached to an aromatic ring is 1. The number of nitrogens with two attached hydrogens (primary N) is 1. The number of benzene rings is 2. The summed E-state index contributed by atoms with van der Waals surface area (Å²) in [5.74, 6) is -0.703. The Balaban J connectivity index is 1.47. The molecule has 3 N–H and O–H groups in total. The van der Waals surface area contributed by atoms with Crippen molar-refractivity contribution in [2.45, 2.75) is 26.8 Å². The zero-order chi connectivity index (χ0) is 24.7. The van der Waals surface area contributed by atoms with Crippen LogP contribution in [0.15, 0.2) is 53.5 Å². The summed E-state index contributed by atoms with van der Waals surface area (Å²) >= 11 is 0. The fraction of sp³-hybridized carbons (Fsp3) is 0.296. The first-order valence-electron chi connectivity index (χ1n) is 11.9. The maximum atomic E-state index is 14.9. The van der Waals surface area contributed by atoms with E-state index in [0.29, 0.717) is 28.2 Å². The van der Waals surface area contributed by atoms with Crippen molar-refractivity contribution in [3.63, 3.8) is 0 Å². The van der Waals surface area contributed by atoms with Gasteiger partial charge in [-0.05, 0) is 56.0 Å². The Morgan fingerprint density at radius 1 is 0.943 bits per heavy atom. The van der Waals surface area contributed by atoms with Crippen molar-refractivity contribution in [3.8, 4) is 22.5 Å². The number of aromatic amines is 1. The van der Waals surface area contributed by atoms with Crippen molar-refractivity contribution >= 4 is 22.3 Å². The van der Waals surface area contributed by atoms with Crippen LogP contribution in [0.2, 0.25) is 0 Å². The first kappa shape index (κ1) is 23.0. The van der Waals surface area contributed by atoms with E-state index in [1.807, 2.05) is 37.3 Å². The summed E-state index contributed by atoms with van der Waals surface area (Å²) in [5, 5.41) is 1.37. The Bertz CT molecular complexity index is 1440. The minimum atomic E-state index is -0.710. The monoisotopic (exact) mass is 472 g/mol. The van der Waals surface area contributed by atoms with E-state index in [9.17, 15) is 9.18 Å². The smallest absolute Gasteiger partial charge is 0.255 e. The molecule has 5 rings (SSSR count). The second kappa shape index (κ2) is 9.11. The van der Waals surface area contributed by atoms with Gasteiger partial charge in [0.2, 0.25) is 5.95 Å². The number of hydrogen-bond acceptors (Lipinski definition) is 6. The third kappa shape index (κ3) is 4.37. The van der Waals surface area contributed by atoms with Crippen molar-refractivity contribution < 1.29 is 4.39 Å². The van der Waals surface area contributed by atoms with E-state index < -0.39 is 5.95 Å². The van der Waals surface area contributed by atoms with Crippen LogP contribution in [0.4, 0.5) is 15.9 Å². The van der Waals surface area contributed by atoms with E-state index in [1.165, 1.54) is 0 Å². The van der Waals surface area contributed by atoms with Crippen LogP contribution in [0, 0.1) is 12.9 Å². The summed E-state index contributed by atoms with van der Waals surface area (Å²) < 4.78 is 14.9. The van der Waals surface area contributed by atoms with E-state index in [2.05, 4.69) is 38.6 Å². The molecule has 0 bridgehead atoms. The molecule has 3 heterocycles. The van der Waals surface area contributed by atoms with Gasteiger partial charge in [-0.15, -0.1) is 0 Å². The number of rotatable bonds is 4. The number of anilines is 2. The summed E-state index contributed by atoms with van der Waals surface area (Å²) in [6, 6.07) is 13.7. The lowest BCUT2D eigenvalue weighted by atomic mass is 10.0. The molecule has 2 aromatic heterocycles. The first-order valence-corrected chi connectivity index (χ1v) is 11.9. The zero-order valence-corrected chi connectivity index (χ0v) is 20.2. The largest absolute Gasteiger partial charge is 0.382 e. The standard InChI is InChI=1S/C27H29FN6O/c1-16(2)33-10-12-34(13-11-33)20-7-4-18(5-8-20)23-25(28)32-26(29)24(31-23)19-6-9-21-22(14-19)17(3)15-30-27(21)35/h4-9,14-16H,10-13H2,1-3H3,(H2,29,32)(H,30,35). The number of fused-ring (bicyclic) bond motifs is 1. The van der Waals surface area contributed by atoms with E-state index in [1.54, 1.807) is 18.3 Å². The van der Waals surface area contributed by atoms with Crippen molar-refractivity contribution in [1.82, 2.24) is 19.9 Å². The van der Waals surface area contributed by atoms with E-state index in [-0.39, 0.29) is 17.1 Å². The maximum Gasteiger partial charge on any atom is 0.255 e. The highest BCUT2D eigenvalue weighted by Crippen LogP contribution is 2.31. The fourth-order valence-electron chi connectivity index (χ4n) is 4.69. The van der Waals surface area contributed by atoms with Crippen LogP contribution in [-0.2, 0) is 0 Å². The Labute approximate surface area is 203 Å². The molecular formula is C27H29FN6O. The molecule has 1 fully saturated rings. The van der Waals surface area contributed by atoms with Crippen LogP contribution in [0.3, 0.4) is 0 Å². The summed E-state index contributed by atoms with van der Waals surface area (Å²) in [4.78, 5) is 28.2. The number of nitrogens with one attached hydrogen (secondary N) is 1. The molecule has 0 spiro atoms. The Morgan fingerprint density at radius 3 is 2.31 bits per heavy atom. The molecule has 1 saturated heterocycles. The minimum absolute atomic E-state index is 0.00716. The Morgan fingerprint density at radius 2 is 1.63 bits per heavy atom. The quantitative estimate of drug-likeness (QED) is 0.462. The van der Waals surface area contributed by atoms with Crippen LogP contribution < -0.4 is 16.2 Å². The van der Waals surface area contributed by atoms with Crippen LogP contribution in [0.25, 0.3) is 33.3 Å². The van der Waals surface area contributed by atoms with Gasteiger partial charge in [-0.3, -0.25) is 9.69 Å². The van der Waals surface area contributed by atoms with E-state index in [4.69, 9.17) is 5.73 Å². The predicted molar refractivity (Wildman–Crippen MR) is 139 cm³/mol. The molecule has 0 atom stereocenters. The lowest BCUT2D eigenvalue weighted by Gasteiger charge is -2.38. The van der Waals surface area contributed by atoms with Crippen LogP contribution in [-0.4, -0.2) is 52.1 Å². The van der Waals surface area contributed by atoms with Gasteiger partial charge in [0.25, 0.3) is 5.56 Å².